The highest BCUT2D eigenvalue weighted by atomic mass is 16.5. The molecule has 0 radical (unpaired) electrons. The van der Waals surface area contributed by atoms with Crippen molar-refractivity contribution in [2.45, 2.75) is 25.9 Å². The fraction of sp³-hybridized carbons (Fsp3) is 0.333. The summed E-state index contributed by atoms with van der Waals surface area (Å²) in [6, 6.07) is 1.75. The third-order valence-corrected chi connectivity index (χ3v) is 2.99. The number of carbonyl (C=O) groups excluding carboxylic acids is 1. The first-order valence-electron chi connectivity index (χ1n) is 6.88. The molecule has 1 amide bonds. The Bertz CT molecular complexity index is 796. The lowest BCUT2D eigenvalue weighted by Crippen LogP contribution is -2.28. The average Bonchev–Trinajstić information content (AvgIpc) is 2.88. The van der Waals surface area contributed by atoms with Crippen LogP contribution < -0.4 is 10.5 Å². The Morgan fingerprint density at radius 2 is 2.30 bits per heavy atom. The summed E-state index contributed by atoms with van der Waals surface area (Å²) in [7, 11) is 0. The van der Waals surface area contributed by atoms with Gasteiger partial charge in [-0.3, -0.25) is 4.79 Å². The van der Waals surface area contributed by atoms with Crippen LogP contribution in [-0.4, -0.2) is 38.2 Å². The van der Waals surface area contributed by atoms with Crippen molar-refractivity contribution < 1.29 is 14.6 Å². The summed E-state index contributed by atoms with van der Waals surface area (Å²) in [6.45, 7) is 3.31. The van der Waals surface area contributed by atoms with Gasteiger partial charge in [-0.05, 0) is 25.8 Å². The van der Waals surface area contributed by atoms with Gasteiger partial charge in [-0.15, -0.1) is 0 Å². The number of rotatable bonds is 6. The number of ether oxygens (including phenoxy) is 1. The molecule has 4 N–H and O–H groups in total. The van der Waals surface area contributed by atoms with Crippen molar-refractivity contribution in [1.82, 2.24) is 15.0 Å². The lowest BCUT2D eigenvalue weighted by molar-refractivity contribution is -0.114. The van der Waals surface area contributed by atoms with Gasteiger partial charge in [-0.2, -0.15) is 5.26 Å². The number of nitrogens with two attached hydrogens (primary N) is 1. The Kier molecular flexibility index (Phi) is 4.62. The summed E-state index contributed by atoms with van der Waals surface area (Å²) in [4.78, 5) is 22.2. The van der Waals surface area contributed by atoms with E-state index in [0.717, 1.165) is 5.56 Å². The van der Waals surface area contributed by atoms with E-state index in [0.29, 0.717) is 16.9 Å². The molecule has 0 saturated carbocycles. The van der Waals surface area contributed by atoms with E-state index in [9.17, 15) is 9.90 Å². The van der Waals surface area contributed by atoms with Crippen LogP contribution in [0.25, 0.3) is 11.0 Å². The highest BCUT2D eigenvalue weighted by Crippen LogP contribution is 2.26. The molecule has 0 saturated heterocycles. The van der Waals surface area contributed by atoms with Gasteiger partial charge in [0.05, 0.1) is 11.0 Å². The second-order valence-corrected chi connectivity index (χ2v) is 5.62. The number of aliphatic hydroxyl groups is 1. The van der Waals surface area contributed by atoms with Gasteiger partial charge in [0, 0.05) is 6.20 Å². The van der Waals surface area contributed by atoms with Crippen LogP contribution in [0.3, 0.4) is 0 Å². The lowest BCUT2D eigenvalue weighted by atomic mass is 10.1. The average molecular weight is 315 g/mol. The van der Waals surface area contributed by atoms with Crippen LogP contribution in [0.5, 0.6) is 5.88 Å². The van der Waals surface area contributed by atoms with Gasteiger partial charge >= 0.3 is 0 Å². The molecule has 0 fully saturated rings. The van der Waals surface area contributed by atoms with Gasteiger partial charge in [-0.25, -0.2) is 9.97 Å². The molecule has 2 aromatic heterocycles. The number of aromatic nitrogens is 3. The number of aromatic amines is 1. The Morgan fingerprint density at radius 1 is 1.57 bits per heavy atom. The molecular weight excluding hydrogens is 298 g/mol. The molecule has 2 rings (SSSR count). The normalized spacial score (nSPS) is 12.2. The predicted octanol–water partition coefficient (Wildman–Crippen LogP) is 0.585. The Hall–Kier alpha value is -2.92. The Balaban J connectivity index is 2.35. The van der Waals surface area contributed by atoms with E-state index in [4.69, 9.17) is 15.7 Å². The third kappa shape index (κ3) is 4.05. The maximum atomic E-state index is 11.1. The molecule has 0 aliphatic carbocycles. The van der Waals surface area contributed by atoms with Crippen LogP contribution in [0.15, 0.2) is 24.2 Å². The van der Waals surface area contributed by atoms with Crippen molar-refractivity contribution in [3.05, 3.63) is 29.7 Å². The number of amides is 1. The summed E-state index contributed by atoms with van der Waals surface area (Å²) in [5, 5.41) is 19.3. The molecule has 0 aliphatic rings. The number of H-pyrrole nitrogens is 1. The first-order chi connectivity index (χ1) is 10.8. The second kappa shape index (κ2) is 6.46. The molecule has 0 unspecified atom stereocenters. The molecule has 0 bridgehead atoms. The molecule has 0 spiro atoms. The molecule has 0 aliphatic heterocycles. The molecule has 8 heteroatoms. The molecule has 0 atom stereocenters. The second-order valence-electron chi connectivity index (χ2n) is 5.62. The zero-order valence-electron chi connectivity index (χ0n) is 12.8. The number of fused-ring (bicyclic) bond motifs is 1. The van der Waals surface area contributed by atoms with Crippen LogP contribution in [-0.2, 0) is 11.2 Å². The van der Waals surface area contributed by atoms with E-state index in [-0.39, 0.29) is 18.6 Å². The monoisotopic (exact) mass is 315 g/mol. The molecule has 2 aromatic rings. The summed E-state index contributed by atoms with van der Waals surface area (Å²) >= 11 is 0. The summed E-state index contributed by atoms with van der Waals surface area (Å²) in [5.74, 6) is -0.457. The zero-order valence-corrected chi connectivity index (χ0v) is 12.8. The van der Waals surface area contributed by atoms with Crippen molar-refractivity contribution in [3.63, 3.8) is 0 Å². The summed E-state index contributed by atoms with van der Waals surface area (Å²) < 4.78 is 5.56. The molecule has 120 valence electrons. The Labute approximate surface area is 132 Å². The number of primary amides is 1. The van der Waals surface area contributed by atoms with E-state index in [1.54, 1.807) is 26.1 Å². The topological polar surface area (TPSA) is 138 Å². The van der Waals surface area contributed by atoms with Crippen molar-refractivity contribution in [2.24, 2.45) is 5.73 Å². The number of allylic oxidation sites excluding steroid dienone is 1. The van der Waals surface area contributed by atoms with E-state index in [2.05, 4.69) is 15.0 Å². The standard InChI is InChI=1S/C15H17N5O3/c1-15(2,22)7-23-14-11-10(4-3-9(5-16)12(17)21)6-18-13(11)19-8-20-14/h3,6,8,22H,4,7H2,1-2H3,(H2,17,21)(H,18,19,20). The van der Waals surface area contributed by atoms with Crippen molar-refractivity contribution in [3.8, 4) is 11.9 Å². The number of nitrogens with one attached hydrogen (secondary N) is 1. The van der Waals surface area contributed by atoms with Gasteiger partial charge in [0.15, 0.2) is 0 Å². The van der Waals surface area contributed by atoms with Crippen LogP contribution in [0.1, 0.15) is 19.4 Å². The number of hydrogen-bond donors (Lipinski definition) is 3. The maximum Gasteiger partial charge on any atom is 0.259 e. The molecule has 8 nitrogen and oxygen atoms in total. The third-order valence-electron chi connectivity index (χ3n) is 2.99. The van der Waals surface area contributed by atoms with Crippen molar-refractivity contribution in [2.75, 3.05) is 6.61 Å². The Morgan fingerprint density at radius 3 is 2.91 bits per heavy atom. The van der Waals surface area contributed by atoms with Gasteiger partial charge < -0.3 is 20.6 Å². The number of nitriles is 1. The van der Waals surface area contributed by atoms with E-state index >= 15 is 0 Å². The zero-order chi connectivity index (χ0) is 17.0. The van der Waals surface area contributed by atoms with E-state index in [1.165, 1.54) is 12.4 Å². The molecule has 0 aromatic carbocycles. The van der Waals surface area contributed by atoms with Crippen LogP contribution in [0.4, 0.5) is 0 Å². The minimum Gasteiger partial charge on any atom is -0.474 e. The first kappa shape index (κ1) is 16.5. The smallest absolute Gasteiger partial charge is 0.259 e. The molecule has 2 heterocycles. The fourth-order valence-electron chi connectivity index (χ4n) is 1.92. The predicted molar refractivity (Wildman–Crippen MR) is 82.3 cm³/mol. The van der Waals surface area contributed by atoms with Crippen LogP contribution in [0.2, 0.25) is 0 Å². The number of hydrogen-bond acceptors (Lipinski definition) is 6. The van der Waals surface area contributed by atoms with Gasteiger partial charge in [0.2, 0.25) is 5.88 Å². The molecule has 23 heavy (non-hydrogen) atoms. The number of carbonyl (C=O) groups is 1. The van der Waals surface area contributed by atoms with Crippen LogP contribution in [0, 0.1) is 11.3 Å². The lowest BCUT2D eigenvalue weighted by Gasteiger charge is -2.17. The highest BCUT2D eigenvalue weighted by molar-refractivity contribution is 5.96. The van der Waals surface area contributed by atoms with Crippen LogP contribution >= 0.6 is 0 Å². The fourth-order valence-corrected chi connectivity index (χ4v) is 1.92. The number of nitrogens with zero attached hydrogens (tertiary/aromatic N) is 3. The largest absolute Gasteiger partial charge is 0.474 e. The van der Waals surface area contributed by atoms with Crippen molar-refractivity contribution >= 4 is 16.9 Å². The van der Waals surface area contributed by atoms with Crippen molar-refractivity contribution in [1.29, 1.82) is 5.26 Å². The van der Waals surface area contributed by atoms with Gasteiger partial charge in [0.25, 0.3) is 5.91 Å². The quantitative estimate of drug-likeness (QED) is 0.526. The minimum atomic E-state index is -1.01. The molecular formula is C15H17N5O3. The highest BCUT2D eigenvalue weighted by Gasteiger charge is 2.17. The SMILES string of the molecule is CC(C)(O)COc1ncnc2[nH]cc(CC=C(C#N)C(N)=O)c12. The first-order valence-corrected chi connectivity index (χ1v) is 6.88. The maximum absolute atomic E-state index is 11.1. The summed E-state index contributed by atoms with van der Waals surface area (Å²) in [6.07, 6.45) is 4.78. The van der Waals surface area contributed by atoms with E-state index < -0.39 is 11.5 Å². The van der Waals surface area contributed by atoms with E-state index in [1.807, 2.05) is 0 Å². The summed E-state index contributed by atoms with van der Waals surface area (Å²) in [5.41, 5.74) is 5.30. The van der Waals surface area contributed by atoms with Gasteiger partial charge in [0.1, 0.15) is 30.2 Å². The minimum absolute atomic E-state index is 0.0598. The van der Waals surface area contributed by atoms with Gasteiger partial charge in [-0.1, -0.05) is 6.08 Å².